The highest BCUT2D eigenvalue weighted by atomic mass is 35.5. The van der Waals surface area contributed by atoms with Crippen molar-refractivity contribution in [2.75, 3.05) is 6.61 Å². The number of nitrogens with one attached hydrogen (secondary N) is 1. The molecule has 1 N–H and O–H groups in total. The van der Waals surface area contributed by atoms with Gasteiger partial charge in [0.1, 0.15) is 6.04 Å². The zero-order chi connectivity index (χ0) is 15.4. The average molecular weight is 326 g/mol. The Kier molecular flexibility index (Phi) is 5.20. The first-order valence-electron chi connectivity index (χ1n) is 6.60. The Morgan fingerprint density at radius 3 is 2.86 bits per heavy atom. The fourth-order valence-electron chi connectivity index (χ4n) is 2.11. The quantitative estimate of drug-likeness (QED) is 0.859. The topological polar surface area (TPSA) is 55.4 Å². The third kappa shape index (κ3) is 3.95. The number of benzene rings is 1. The van der Waals surface area contributed by atoms with Crippen LogP contribution in [0.3, 0.4) is 0 Å². The Hall–Kier alpha value is -1.59. The monoisotopic (exact) mass is 325 g/mol. The van der Waals surface area contributed by atoms with E-state index in [-0.39, 0.29) is 12.5 Å². The summed E-state index contributed by atoms with van der Waals surface area (Å²) in [7, 11) is 0. The second kappa shape index (κ2) is 6.91. The van der Waals surface area contributed by atoms with E-state index >= 15 is 0 Å². The van der Waals surface area contributed by atoms with E-state index in [1.54, 1.807) is 18.3 Å². The SMILES string of the molecule is CCOC(=O)[C@H](Cc1csc2ccc(Cl)cc12)NC(C)=O. The number of amides is 1. The number of halogens is 1. The molecule has 0 aliphatic heterocycles. The maximum absolute atomic E-state index is 11.9. The minimum Gasteiger partial charge on any atom is -0.464 e. The number of rotatable bonds is 5. The Labute approximate surface area is 132 Å². The highest BCUT2D eigenvalue weighted by Gasteiger charge is 2.22. The molecule has 0 aliphatic carbocycles. The lowest BCUT2D eigenvalue weighted by molar-refractivity contribution is -0.147. The van der Waals surface area contributed by atoms with E-state index in [1.165, 1.54) is 6.92 Å². The number of thiophene rings is 1. The summed E-state index contributed by atoms with van der Waals surface area (Å²) in [4.78, 5) is 23.2. The van der Waals surface area contributed by atoms with Crippen molar-refractivity contribution in [3.63, 3.8) is 0 Å². The van der Waals surface area contributed by atoms with E-state index in [2.05, 4.69) is 5.32 Å². The first-order chi connectivity index (χ1) is 10.0. The third-order valence-electron chi connectivity index (χ3n) is 2.99. The fourth-order valence-corrected chi connectivity index (χ4v) is 3.24. The van der Waals surface area contributed by atoms with Gasteiger partial charge in [-0.3, -0.25) is 4.79 Å². The van der Waals surface area contributed by atoms with Gasteiger partial charge in [-0.15, -0.1) is 11.3 Å². The zero-order valence-corrected chi connectivity index (χ0v) is 13.4. The van der Waals surface area contributed by atoms with E-state index in [0.29, 0.717) is 11.4 Å². The van der Waals surface area contributed by atoms with Gasteiger partial charge in [0.15, 0.2) is 0 Å². The normalized spacial score (nSPS) is 12.1. The standard InChI is InChI=1S/C15H16ClNO3S/c1-3-20-15(19)13(17-9(2)18)6-10-8-21-14-5-4-11(16)7-12(10)14/h4-5,7-8,13H,3,6H2,1-2H3,(H,17,18)/t13-/m0/s1. The van der Waals surface area contributed by atoms with Gasteiger partial charge in [0.25, 0.3) is 0 Å². The minimum absolute atomic E-state index is 0.259. The summed E-state index contributed by atoms with van der Waals surface area (Å²) in [5.41, 5.74) is 0.976. The molecule has 0 bridgehead atoms. The third-order valence-corrected chi connectivity index (χ3v) is 4.24. The van der Waals surface area contributed by atoms with Crippen molar-refractivity contribution in [1.82, 2.24) is 5.32 Å². The molecule has 4 nitrogen and oxygen atoms in total. The molecule has 1 heterocycles. The molecule has 1 atom stereocenters. The van der Waals surface area contributed by atoms with E-state index in [4.69, 9.17) is 16.3 Å². The van der Waals surface area contributed by atoms with Gasteiger partial charge in [0.2, 0.25) is 5.91 Å². The number of carbonyl (C=O) groups is 2. The fraction of sp³-hybridized carbons (Fsp3) is 0.333. The van der Waals surface area contributed by atoms with Crippen LogP contribution in [0, 0.1) is 0 Å². The van der Waals surface area contributed by atoms with Crippen molar-refractivity contribution in [2.45, 2.75) is 26.3 Å². The van der Waals surface area contributed by atoms with Crippen molar-refractivity contribution in [1.29, 1.82) is 0 Å². The van der Waals surface area contributed by atoms with Crippen LogP contribution < -0.4 is 5.32 Å². The van der Waals surface area contributed by atoms with Gasteiger partial charge in [-0.25, -0.2) is 4.79 Å². The molecule has 0 aliphatic rings. The molecular weight excluding hydrogens is 310 g/mol. The number of hydrogen-bond donors (Lipinski definition) is 1. The lowest BCUT2D eigenvalue weighted by atomic mass is 10.0. The van der Waals surface area contributed by atoms with Crippen LogP contribution in [-0.4, -0.2) is 24.5 Å². The molecule has 6 heteroatoms. The van der Waals surface area contributed by atoms with Gasteiger partial charge >= 0.3 is 5.97 Å². The number of esters is 1. The first kappa shape index (κ1) is 15.8. The van der Waals surface area contributed by atoms with E-state index in [9.17, 15) is 9.59 Å². The lowest BCUT2D eigenvalue weighted by Gasteiger charge is -2.16. The number of carbonyl (C=O) groups excluding carboxylic acids is 2. The molecule has 2 rings (SSSR count). The summed E-state index contributed by atoms with van der Waals surface area (Å²) in [6.07, 6.45) is 0.388. The van der Waals surface area contributed by atoms with Crippen LogP contribution >= 0.6 is 22.9 Å². The highest BCUT2D eigenvalue weighted by molar-refractivity contribution is 7.17. The van der Waals surface area contributed by atoms with E-state index < -0.39 is 12.0 Å². The van der Waals surface area contributed by atoms with Crippen LogP contribution in [-0.2, 0) is 20.7 Å². The van der Waals surface area contributed by atoms with Crippen molar-refractivity contribution >= 4 is 44.9 Å². The van der Waals surface area contributed by atoms with Crippen LogP contribution in [0.15, 0.2) is 23.6 Å². The highest BCUT2D eigenvalue weighted by Crippen LogP contribution is 2.29. The summed E-state index contributed by atoms with van der Waals surface area (Å²) in [5.74, 6) is -0.681. The zero-order valence-electron chi connectivity index (χ0n) is 11.8. The van der Waals surface area contributed by atoms with Crippen molar-refractivity contribution < 1.29 is 14.3 Å². The number of fused-ring (bicyclic) bond motifs is 1. The van der Waals surface area contributed by atoms with Crippen LogP contribution in [0.25, 0.3) is 10.1 Å². The van der Waals surface area contributed by atoms with Crippen molar-refractivity contribution in [3.05, 3.63) is 34.2 Å². The summed E-state index contributed by atoms with van der Waals surface area (Å²) in [6, 6.07) is 4.97. The molecule has 1 aromatic heterocycles. The van der Waals surface area contributed by atoms with Gasteiger partial charge < -0.3 is 10.1 Å². The second-order valence-corrected chi connectivity index (χ2v) is 5.96. The minimum atomic E-state index is -0.681. The van der Waals surface area contributed by atoms with Gasteiger partial charge in [0, 0.05) is 23.1 Å². The Balaban J connectivity index is 2.27. The van der Waals surface area contributed by atoms with Crippen molar-refractivity contribution in [3.8, 4) is 0 Å². The van der Waals surface area contributed by atoms with Crippen molar-refractivity contribution in [2.24, 2.45) is 0 Å². The molecule has 0 saturated carbocycles. The smallest absolute Gasteiger partial charge is 0.328 e. The molecular formula is C15H16ClNO3S. The lowest BCUT2D eigenvalue weighted by Crippen LogP contribution is -2.42. The van der Waals surface area contributed by atoms with E-state index in [0.717, 1.165) is 15.6 Å². The maximum atomic E-state index is 11.9. The average Bonchev–Trinajstić information content (AvgIpc) is 2.80. The number of hydrogen-bond acceptors (Lipinski definition) is 4. The predicted molar refractivity (Wildman–Crippen MR) is 84.8 cm³/mol. The molecule has 1 amide bonds. The molecule has 0 radical (unpaired) electrons. The van der Waals surface area contributed by atoms with Crippen LogP contribution in [0.2, 0.25) is 5.02 Å². The molecule has 21 heavy (non-hydrogen) atoms. The van der Waals surface area contributed by atoms with Gasteiger partial charge in [-0.05, 0) is 41.5 Å². The molecule has 0 fully saturated rings. The van der Waals surface area contributed by atoms with Crippen LogP contribution in [0.4, 0.5) is 0 Å². The van der Waals surface area contributed by atoms with E-state index in [1.807, 2.05) is 23.6 Å². The van der Waals surface area contributed by atoms with Gasteiger partial charge in [-0.1, -0.05) is 11.6 Å². The van der Waals surface area contributed by atoms with Crippen LogP contribution in [0.5, 0.6) is 0 Å². The largest absolute Gasteiger partial charge is 0.464 e. The molecule has 0 spiro atoms. The summed E-state index contributed by atoms with van der Waals surface area (Å²) < 4.78 is 6.11. The first-order valence-corrected chi connectivity index (χ1v) is 7.86. The van der Waals surface area contributed by atoms with Gasteiger partial charge in [-0.2, -0.15) is 0 Å². The molecule has 112 valence electrons. The Morgan fingerprint density at radius 1 is 1.43 bits per heavy atom. The summed E-state index contributed by atoms with van der Waals surface area (Å²) >= 11 is 7.61. The molecule has 1 aromatic carbocycles. The van der Waals surface area contributed by atoms with Gasteiger partial charge in [0.05, 0.1) is 6.61 Å². The Bertz CT molecular complexity index is 668. The molecule has 0 unspecified atom stereocenters. The molecule has 2 aromatic rings. The Morgan fingerprint density at radius 2 is 2.19 bits per heavy atom. The summed E-state index contributed by atoms with van der Waals surface area (Å²) in [6.45, 7) is 3.41. The maximum Gasteiger partial charge on any atom is 0.328 e. The van der Waals surface area contributed by atoms with Crippen LogP contribution in [0.1, 0.15) is 19.4 Å². The summed E-state index contributed by atoms with van der Waals surface area (Å²) in [5, 5.41) is 6.28. The molecule has 0 saturated heterocycles. The second-order valence-electron chi connectivity index (χ2n) is 4.61. The predicted octanol–water partition coefficient (Wildman–Crippen LogP) is 3.17. The number of ether oxygens (including phenoxy) is 1.